The van der Waals surface area contributed by atoms with Gasteiger partial charge in [0.2, 0.25) is 0 Å². The van der Waals surface area contributed by atoms with Crippen molar-refractivity contribution < 1.29 is 9.18 Å². The van der Waals surface area contributed by atoms with Crippen LogP contribution >= 0.6 is 23.4 Å². The smallest absolute Gasteiger partial charge is 0.274 e. The van der Waals surface area contributed by atoms with E-state index in [0.29, 0.717) is 39.9 Å². The Morgan fingerprint density at radius 1 is 1.41 bits per heavy atom. The van der Waals surface area contributed by atoms with E-state index in [1.807, 2.05) is 6.92 Å². The minimum atomic E-state index is -0.883. The molecule has 0 aliphatic rings. The molecule has 0 bridgehead atoms. The molecule has 1 amide bonds. The number of nitrogens with two attached hydrogens (primary N) is 2. The number of hydrogen-bond donors (Lipinski definition) is 3. The average Bonchev–Trinajstić information content (AvgIpc) is 2.63. The van der Waals surface area contributed by atoms with E-state index in [9.17, 15) is 9.18 Å². The Morgan fingerprint density at radius 2 is 2.15 bits per heavy atom. The topological polar surface area (TPSA) is 94.0 Å². The molecular formula is C19H22ClFN4OS. The van der Waals surface area contributed by atoms with Gasteiger partial charge >= 0.3 is 0 Å². The van der Waals surface area contributed by atoms with Crippen molar-refractivity contribution in [1.82, 2.24) is 4.98 Å². The number of benzene rings is 1. The number of amides is 1. The van der Waals surface area contributed by atoms with Crippen LogP contribution in [0, 0.1) is 5.82 Å². The van der Waals surface area contributed by atoms with Crippen molar-refractivity contribution in [3.8, 4) is 0 Å². The molecule has 27 heavy (non-hydrogen) atoms. The molecule has 144 valence electrons. The predicted molar refractivity (Wildman–Crippen MR) is 110 cm³/mol. The second-order valence-electron chi connectivity index (χ2n) is 6.08. The summed E-state index contributed by atoms with van der Waals surface area (Å²) in [5.74, 6) is -0.221. The maximum absolute atomic E-state index is 14.5. The van der Waals surface area contributed by atoms with E-state index in [2.05, 4.69) is 16.9 Å². The lowest BCUT2D eigenvalue weighted by molar-refractivity contribution is 0.102. The van der Waals surface area contributed by atoms with Gasteiger partial charge in [0.25, 0.3) is 5.91 Å². The number of hydrogen-bond acceptors (Lipinski definition) is 5. The maximum atomic E-state index is 14.5. The molecule has 0 spiro atoms. The Hall–Kier alpha value is -2.09. The van der Waals surface area contributed by atoms with Crippen LogP contribution in [0.25, 0.3) is 0 Å². The third-order valence-corrected chi connectivity index (χ3v) is 5.19. The second kappa shape index (κ2) is 9.21. The first kappa shape index (κ1) is 21.2. The highest BCUT2D eigenvalue weighted by molar-refractivity contribution is 8.02. The number of thioether (sulfide) groups is 1. The second-order valence-corrected chi connectivity index (χ2v) is 7.74. The van der Waals surface area contributed by atoms with Crippen LogP contribution in [0.2, 0.25) is 5.02 Å². The Kier molecular flexibility index (Phi) is 7.24. The summed E-state index contributed by atoms with van der Waals surface area (Å²) < 4.78 is 14.5. The normalized spacial score (nSPS) is 13.0. The van der Waals surface area contributed by atoms with E-state index in [0.717, 1.165) is 0 Å². The molecular weight excluding hydrogens is 387 g/mol. The van der Waals surface area contributed by atoms with Crippen LogP contribution in [0.3, 0.4) is 0 Å². The highest BCUT2D eigenvalue weighted by Crippen LogP contribution is 2.32. The molecule has 0 radical (unpaired) electrons. The number of aromatic nitrogens is 1. The number of anilines is 1. The van der Waals surface area contributed by atoms with Crippen LogP contribution < -0.4 is 16.8 Å². The van der Waals surface area contributed by atoms with Gasteiger partial charge in [-0.3, -0.25) is 4.79 Å². The summed E-state index contributed by atoms with van der Waals surface area (Å²) in [6, 6.07) is 7.43. The largest absolute Gasteiger partial charge is 0.394 e. The number of rotatable bonds is 8. The molecule has 0 aliphatic carbocycles. The fourth-order valence-electron chi connectivity index (χ4n) is 2.56. The zero-order valence-electron chi connectivity index (χ0n) is 15.0. The molecule has 1 aromatic heterocycles. The molecule has 5 N–H and O–H groups in total. The zero-order valence-corrected chi connectivity index (χ0v) is 16.5. The number of carbonyl (C=O) groups is 1. The molecule has 0 saturated heterocycles. The molecule has 5 nitrogen and oxygen atoms in total. The van der Waals surface area contributed by atoms with Crippen molar-refractivity contribution in [3.63, 3.8) is 0 Å². The van der Waals surface area contributed by atoms with Gasteiger partial charge in [-0.2, -0.15) is 0 Å². The van der Waals surface area contributed by atoms with Crippen LogP contribution in [-0.4, -0.2) is 16.6 Å². The summed E-state index contributed by atoms with van der Waals surface area (Å²) in [6.45, 7) is 5.53. The summed E-state index contributed by atoms with van der Waals surface area (Å²) >= 11 is 7.16. The maximum Gasteiger partial charge on any atom is 0.274 e. The van der Waals surface area contributed by atoms with E-state index in [-0.39, 0.29) is 5.69 Å². The van der Waals surface area contributed by atoms with Gasteiger partial charge in [0.15, 0.2) is 0 Å². The lowest BCUT2D eigenvalue weighted by atomic mass is 9.85. The van der Waals surface area contributed by atoms with E-state index >= 15 is 0 Å². The standard InChI is InChI=1S/C19H22ClFN4OS/c1-3-19(23,8-9-27-12(2)22)15-10-14(5-6-16(15)21)25-18(26)17-7-4-13(20)11-24-17/h4-7,10-11H,2-3,8-9,22-23H2,1H3,(H,25,26)/t19-/m0/s1. The molecule has 0 unspecified atom stereocenters. The van der Waals surface area contributed by atoms with Crippen LogP contribution in [0.5, 0.6) is 0 Å². The van der Waals surface area contributed by atoms with Crippen LogP contribution in [0.15, 0.2) is 48.1 Å². The first-order chi connectivity index (χ1) is 12.7. The average molecular weight is 409 g/mol. The number of pyridine rings is 1. The number of nitrogens with zero attached hydrogens (tertiary/aromatic N) is 1. The zero-order chi connectivity index (χ0) is 20.0. The highest BCUT2D eigenvalue weighted by atomic mass is 35.5. The summed E-state index contributed by atoms with van der Waals surface area (Å²) in [6.07, 6.45) is 2.42. The molecule has 2 rings (SSSR count). The Morgan fingerprint density at radius 3 is 2.74 bits per heavy atom. The lowest BCUT2D eigenvalue weighted by Crippen LogP contribution is -2.37. The predicted octanol–water partition coefficient (Wildman–Crippen LogP) is 4.24. The van der Waals surface area contributed by atoms with E-state index in [4.69, 9.17) is 23.1 Å². The summed E-state index contributed by atoms with van der Waals surface area (Å²) in [7, 11) is 0. The van der Waals surface area contributed by atoms with Crippen molar-refractivity contribution in [3.05, 3.63) is 70.2 Å². The van der Waals surface area contributed by atoms with Crippen molar-refractivity contribution in [2.45, 2.75) is 25.3 Å². The molecule has 8 heteroatoms. The molecule has 2 aromatic rings. The van der Waals surface area contributed by atoms with Gasteiger partial charge in [-0.05, 0) is 43.2 Å². The molecule has 0 aliphatic heterocycles. The van der Waals surface area contributed by atoms with Crippen LogP contribution in [0.1, 0.15) is 35.8 Å². The van der Waals surface area contributed by atoms with E-state index < -0.39 is 17.3 Å². The van der Waals surface area contributed by atoms with Crippen LogP contribution in [-0.2, 0) is 5.54 Å². The Balaban J connectivity index is 2.22. The minimum absolute atomic E-state index is 0.206. The first-order valence-electron chi connectivity index (χ1n) is 8.34. The van der Waals surface area contributed by atoms with Gasteiger partial charge in [0.05, 0.1) is 10.1 Å². The fourth-order valence-corrected chi connectivity index (χ4v) is 3.40. The van der Waals surface area contributed by atoms with E-state index in [1.165, 1.54) is 36.2 Å². The minimum Gasteiger partial charge on any atom is -0.394 e. The van der Waals surface area contributed by atoms with E-state index in [1.54, 1.807) is 12.1 Å². The van der Waals surface area contributed by atoms with Gasteiger partial charge < -0.3 is 16.8 Å². The highest BCUT2D eigenvalue weighted by Gasteiger charge is 2.28. The molecule has 0 fully saturated rings. The Labute approximate surface area is 167 Å². The van der Waals surface area contributed by atoms with Crippen LogP contribution in [0.4, 0.5) is 10.1 Å². The fraction of sp³-hybridized carbons (Fsp3) is 0.263. The number of carbonyl (C=O) groups excluding carboxylic acids is 1. The molecule has 1 atom stereocenters. The summed E-state index contributed by atoms with van der Waals surface area (Å²) in [4.78, 5) is 16.3. The monoisotopic (exact) mass is 408 g/mol. The number of halogens is 2. The lowest BCUT2D eigenvalue weighted by Gasteiger charge is -2.29. The van der Waals surface area contributed by atoms with Gasteiger partial charge in [0.1, 0.15) is 11.5 Å². The first-order valence-corrected chi connectivity index (χ1v) is 9.70. The van der Waals surface area contributed by atoms with Gasteiger partial charge in [-0.25, -0.2) is 9.37 Å². The van der Waals surface area contributed by atoms with Gasteiger partial charge in [0, 0.05) is 28.7 Å². The Bertz CT molecular complexity index is 831. The quantitative estimate of drug-likeness (QED) is 0.607. The number of nitrogens with one attached hydrogen (secondary N) is 1. The summed E-state index contributed by atoms with van der Waals surface area (Å²) in [5.41, 5.74) is 12.1. The SMILES string of the molecule is C=C(N)SCC[C@@](N)(CC)c1cc(NC(=O)c2ccc(Cl)cn2)ccc1F. The molecule has 1 heterocycles. The van der Waals surface area contributed by atoms with Gasteiger partial charge in [-0.15, -0.1) is 11.8 Å². The molecule has 0 saturated carbocycles. The third-order valence-electron chi connectivity index (χ3n) is 4.19. The van der Waals surface area contributed by atoms with Crippen molar-refractivity contribution in [2.75, 3.05) is 11.1 Å². The molecule has 1 aromatic carbocycles. The van der Waals surface area contributed by atoms with Gasteiger partial charge in [-0.1, -0.05) is 25.1 Å². The third kappa shape index (κ3) is 5.69. The summed E-state index contributed by atoms with van der Waals surface area (Å²) in [5, 5.41) is 3.64. The van der Waals surface area contributed by atoms with Crippen molar-refractivity contribution in [1.29, 1.82) is 0 Å². The van der Waals surface area contributed by atoms with Crippen molar-refractivity contribution in [2.24, 2.45) is 11.5 Å². The van der Waals surface area contributed by atoms with Crippen molar-refractivity contribution >= 4 is 35.0 Å².